The summed E-state index contributed by atoms with van der Waals surface area (Å²) < 4.78 is 40.6. The number of carboxylic acid groups (broad SMARTS) is 1. The number of halogens is 3. The molecule has 1 aromatic heterocycles. The smallest absolute Gasteiger partial charge is 0.416 e. The van der Waals surface area contributed by atoms with Crippen LogP contribution < -0.4 is 10.6 Å². The molecule has 3 N–H and O–H groups in total. The molecule has 27 heavy (non-hydrogen) atoms. The summed E-state index contributed by atoms with van der Waals surface area (Å²) in [6.07, 6.45) is -4.49. The van der Waals surface area contributed by atoms with Crippen LogP contribution >= 0.6 is 0 Å². The first-order chi connectivity index (χ1) is 12.6. The van der Waals surface area contributed by atoms with Gasteiger partial charge >= 0.3 is 18.2 Å². The third kappa shape index (κ3) is 5.47. The van der Waals surface area contributed by atoms with Crippen LogP contribution in [0.5, 0.6) is 0 Å². The Hall–Kier alpha value is -3.04. The molecule has 0 spiro atoms. The molecule has 0 aliphatic carbocycles. The highest BCUT2D eigenvalue weighted by Crippen LogP contribution is 2.33. The highest BCUT2D eigenvalue weighted by molar-refractivity contribution is 5.91. The molecule has 0 bridgehead atoms. The van der Waals surface area contributed by atoms with Crippen molar-refractivity contribution in [1.82, 2.24) is 15.1 Å². The predicted octanol–water partition coefficient (Wildman–Crippen LogP) is 3.49. The van der Waals surface area contributed by atoms with Crippen LogP contribution in [0.1, 0.15) is 29.8 Å². The molecule has 0 atom stereocenters. The third-order valence-corrected chi connectivity index (χ3v) is 3.66. The maximum atomic E-state index is 13.0. The van der Waals surface area contributed by atoms with E-state index in [4.69, 9.17) is 5.11 Å². The molecule has 2 aromatic rings. The van der Waals surface area contributed by atoms with E-state index in [1.165, 1.54) is 10.7 Å². The number of rotatable bonds is 6. The van der Waals surface area contributed by atoms with Gasteiger partial charge in [-0.3, -0.25) is 4.79 Å². The zero-order valence-electron chi connectivity index (χ0n) is 14.7. The quantitative estimate of drug-likeness (QED) is 0.664. The van der Waals surface area contributed by atoms with Crippen molar-refractivity contribution in [3.05, 3.63) is 41.2 Å². The van der Waals surface area contributed by atoms with Gasteiger partial charge in [0.25, 0.3) is 0 Å². The summed E-state index contributed by atoms with van der Waals surface area (Å²) >= 11 is 0. The topological polar surface area (TPSA) is 96.2 Å². The molecule has 0 saturated carbocycles. The lowest BCUT2D eigenvalue weighted by atomic mass is 10.1. The molecule has 2 rings (SSSR count). The fraction of sp³-hybridized carbons (Fsp3) is 0.353. The highest BCUT2D eigenvalue weighted by atomic mass is 19.4. The van der Waals surface area contributed by atoms with Crippen molar-refractivity contribution in [3.63, 3.8) is 0 Å². The van der Waals surface area contributed by atoms with Gasteiger partial charge in [-0.15, -0.1) is 0 Å². The molecule has 0 aliphatic heterocycles. The summed E-state index contributed by atoms with van der Waals surface area (Å²) in [5.74, 6) is -0.998. The Bertz CT molecular complexity index is 846. The van der Waals surface area contributed by atoms with Gasteiger partial charge in [0.1, 0.15) is 0 Å². The number of carbonyl (C=O) groups excluding carboxylic acids is 1. The number of amides is 2. The summed E-state index contributed by atoms with van der Waals surface area (Å²) in [6.45, 7) is 3.57. The van der Waals surface area contributed by atoms with Crippen LogP contribution in [0.25, 0.3) is 5.69 Å². The first-order valence-corrected chi connectivity index (χ1v) is 8.09. The number of nitrogens with zero attached hydrogens (tertiary/aromatic N) is 2. The van der Waals surface area contributed by atoms with Crippen LogP contribution in [-0.4, -0.2) is 33.4 Å². The van der Waals surface area contributed by atoms with Gasteiger partial charge in [0.05, 0.1) is 22.6 Å². The van der Waals surface area contributed by atoms with Crippen molar-refractivity contribution in [2.45, 2.75) is 32.9 Å². The van der Waals surface area contributed by atoms with Crippen molar-refractivity contribution >= 4 is 17.7 Å². The first-order valence-electron chi connectivity index (χ1n) is 8.09. The van der Waals surface area contributed by atoms with Crippen LogP contribution in [0.4, 0.5) is 23.7 Å². The van der Waals surface area contributed by atoms with Crippen LogP contribution in [0.3, 0.4) is 0 Å². The standard InChI is InChI=1S/C17H19F3N4O3/c1-10-8-11(2)24(23-10)14-6-5-12(17(18,19)20)9-13(14)22-16(27)21-7-3-4-15(25)26/h5-6,8-9H,3-4,7H2,1-2H3,(H,25,26)(H2,21,22,27). The average molecular weight is 384 g/mol. The lowest BCUT2D eigenvalue weighted by Crippen LogP contribution is -2.30. The minimum absolute atomic E-state index is 0.0632. The Morgan fingerprint density at radius 1 is 1.22 bits per heavy atom. The van der Waals surface area contributed by atoms with Crippen LogP contribution in [0, 0.1) is 13.8 Å². The van der Waals surface area contributed by atoms with Crippen LogP contribution in [0.15, 0.2) is 24.3 Å². The summed E-state index contributed by atoms with van der Waals surface area (Å²) in [5, 5.41) is 17.6. The number of aliphatic carboxylic acids is 1. The van der Waals surface area contributed by atoms with Gasteiger partial charge in [-0.2, -0.15) is 18.3 Å². The minimum Gasteiger partial charge on any atom is -0.481 e. The summed E-state index contributed by atoms with van der Waals surface area (Å²) in [6, 6.07) is 4.02. The SMILES string of the molecule is Cc1cc(C)n(-c2ccc(C(F)(F)F)cc2NC(=O)NCCCC(=O)O)n1. The van der Waals surface area contributed by atoms with E-state index in [-0.39, 0.29) is 30.8 Å². The van der Waals surface area contributed by atoms with Crippen LogP contribution in [-0.2, 0) is 11.0 Å². The monoisotopic (exact) mass is 384 g/mol. The van der Waals surface area contributed by atoms with E-state index in [0.717, 1.165) is 12.1 Å². The van der Waals surface area contributed by atoms with Gasteiger partial charge in [0.2, 0.25) is 0 Å². The molecule has 7 nitrogen and oxygen atoms in total. The Morgan fingerprint density at radius 2 is 1.93 bits per heavy atom. The first kappa shape index (κ1) is 20.3. The molecule has 0 saturated heterocycles. The molecular formula is C17H19F3N4O3. The second kappa shape index (κ2) is 8.11. The number of hydrogen-bond acceptors (Lipinski definition) is 3. The van der Waals surface area contributed by atoms with Crippen molar-refractivity contribution in [1.29, 1.82) is 0 Å². The molecule has 0 unspecified atom stereocenters. The number of aromatic nitrogens is 2. The lowest BCUT2D eigenvalue weighted by Gasteiger charge is -2.16. The highest BCUT2D eigenvalue weighted by Gasteiger charge is 2.31. The van der Waals surface area contributed by atoms with Crippen molar-refractivity contribution < 1.29 is 27.9 Å². The maximum absolute atomic E-state index is 13.0. The largest absolute Gasteiger partial charge is 0.481 e. The Morgan fingerprint density at radius 3 is 2.48 bits per heavy atom. The fourth-order valence-electron chi connectivity index (χ4n) is 2.48. The number of carbonyl (C=O) groups is 2. The lowest BCUT2D eigenvalue weighted by molar-refractivity contribution is -0.138. The van der Waals surface area contributed by atoms with E-state index >= 15 is 0 Å². The van der Waals surface area contributed by atoms with Gasteiger partial charge in [-0.05, 0) is 44.5 Å². The molecule has 1 aromatic carbocycles. The zero-order chi connectivity index (χ0) is 20.2. The third-order valence-electron chi connectivity index (χ3n) is 3.66. The number of carboxylic acids is 1. The number of anilines is 1. The number of nitrogens with one attached hydrogen (secondary N) is 2. The molecule has 146 valence electrons. The molecule has 0 aliphatic rings. The van der Waals surface area contributed by atoms with Gasteiger partial charge in [0, 0.05) is 18.7 Å². The number of aryl methyl sites for hydroxylation is 2. The normalized spacial score (nSPS) is 11.3. The summed E-state index contributed by atoms with van der Waals surface area (Å²) in [5.41, 5.74) is 0.684. The van der Waals surface area contributed by atoms with Gasteiger partial charge in [-0.25, -0.2) is 9.48 Å². The molecule has 10 heteroatoms. The average Bonchev–Trinajstić information content (AvgIpc) is 2.89. The Kier molecular flexibility index (Phi) is 6.09. The second-order valence-corrected chi connectivity index (χ2v) is 5.95. The zero-order valence-corrected chi connectivity index (χ0v) is 14.7. The number of alkyl halides is 3. The molecule has 0 radical (unpaired) electrons. The molecule has 1 heterocycles. The number of urea groups is 1. The predicted molar refractivity (Wildman–Crippen MR) is 91.9 cm³/mol. The van der Waals surface area contributed by atoms with E-state index in [1.807, 2.05) is 0 Å². The van der Waals surface area contributed by atoms with Gasteiger partial charge in [-0.1, -0.05) is 0 Å². The van der Waals surface area contributed by atoms with E-state index in [9.17, 15) is 22.8 Å². The molecule has 2 amide bonds. The second-order valence-electron chi connectivity index (χ2n) is 5.95. The van der Waals surface area contributed by atoms with Gasteiger partial charge in [0.15, 0.2) is 0 Å². The fourth-order valence-corrected chi connectivity index (χ4v) is 2.48. The van der Waals surface area contributed by atoms with Crippen LogP contribution in [0.2, 0.25) is 0 Å². The minimum atomic E-state index is -4.57. The molecule has 0 fully saturated rings. The maximum Gasteiger partial charge on any atom is 0.416 e. The van der Waals surface area contributed by atoms with Crippen molar-refractivity contribution in [2.24, 2.45) is 0 Å². The van der Waals surface area contributed by atoms with E-state index in [1.54, 1.807) is 19.9 Å². The molecular weight excluding hydrogens is 365 g/mol. The summed E-state index contributed by atoms with van der Waals surface area (Å²) in [4.78, 5) is 22.5. The van der Waals surface area contributed by atoms with Crippen molar-refractivity contribution in [2.75, 3.05) is 11.9 Å². The van der Waals surface area contributed by atoms with E-state index in [2.05, 4.69) is 15.7 Å². The van der Waals surface area contributed by atoms with E-state index in [0.29, 0.717) is 11.4 Å². The van der Waals surface area contributed by atoms with Crippen molar-refractivity contribution in [3.8, 4) is 5.69 Å². The number of hydrogen-bond donors (Lipinski definition) is 3. The Labute approximate surface area is 153 Å². The van der Waals surface area contributed by atoms with E-state index < -0.39 is 23.7 Å². The van der Waals surface area contributed by atoms with Gasteiger partial charge < -0.3 is 15.7 Å². The summed E-state index contributed by atoms with van der Waals surface area (Å²) in [7, 11) is 0. The number of benzene rings is 1. The Balaban J connectivity index is 2.27.